The van der Waals surface area contributed by atoms with E-state index in [1.165, 1.54) is 0 Å². The van der Waals surface area contributed by atoms with Gasteiger partial charge in [0.2, 0.25) is 0 Å². The van der Waals surface area contributed by atoms with Gasteiger partial charge in [-0.2, -0.15) is 6.42 Å². The van der Waals surface area contributed by atoms with E-state index in [-0.39, 0.29) is 39.9 Å². The molecule has 0 spiro atoms. The monoisotopic (exact) mass is 686 g/mol. The van der Waals surface area contributed by atoms with Crippen LogP contribution in [0.3, 0.4) is 0 Å². The van der Waals surface area contributed by atoms with Crippen molar-refractivity contribution in [1.29, 1.82) is 0 Å². The summed E-state index contributed by atoms with van der Waals surface area (Å²) < 4.78 is 14.3. The fourth-order valence-electron chi connectivity index (χ4n) is 3.41. The molecule has 4 nitrogen and oxygen atoms in total. The van der Waals surface area contributed by atoms with Gasteiger partial charge in [-0.3, -0.25) is 4.98 Å². The van der Waals surface area contributed by atoms with E-state index in [9.17, 15) is 0 Å². The zero-order valence-electron chi connectivity index (χ0n) is 18.0. The molecule has 0 radical (unpaired) electrons. The molecule has 3 rings (SSSR count). The molecule has 6 heteroatoms. The third-order valence-electron chi connectivity index (χ3n) is 4.95. The second-order valence-corrected chi connectivity index (χ2v) is 7.75. The Morgan fingerprint density at radius 1 is 1.17 bits per heavy atom. The van der Waals surface area contributed by atoms with Gasteiger partial charge in [0.25, 0.3) is 0 Å². The minimum atomic E-state index is 0. The number of unbranched alkanes of at least 4 members (excludes halogenated alkanes) is 1. The van der Waals surface area contributed by atoms with E-state index in [1.807, 2.05) is 31.2 Å². The van der Waals surface area contributed by atoms with E-state index in [0.717, 1.165) is 63.6 Å². The normalized spacial score (nSPS) is 10.4. The van der Waals surface area contributed by atoms with Crippen LogP contribution in [0, 0.1) is 52.4 Å². The molecule has 1 heterocycles. The van der Waals surface area contributed by atoms with Gasteiger partial charge in [0.05, 0.1) is 20.0 Å². The number of aromatic nitrogens is 2. The first-order chi connectivity index (χ1) is 14.1. The van der Waals surface area contributed by atoms with Gasteiger partial charge in [-0.1, -0.05) is 17.8 Å². The number of rotatable bonds is 9. The van der Waals surface area contributed by atoms with E-state index >= 15 is 0 Å². The smallest absolute Gasteiger partial charge is 0.497 e. The number of benzene rings is 2. The molecule has 30 heavy (non-hydrogen) atoms. The van der Waals surface area contributed by atoms with E-state index < -0.39 is 0 Å². The van der Waals surface area contributed by atoms with Crippen molar-refractivity contribution >= 4 is 15.9 Å². The molecular weight excluding hydrogens is 660 g/mol. The Morgan fingerprint density at radius 2 is 1.97 bits per heavy atom. The summed E-state index contributed by atoms with van der Waals surface area (Å²) in [6.07, 6.45) is 5.24. The molecule has 0 saturated heterocycles. The summed E-state index contributed by atoms with van der Waals surface area (Å²) in [5, 5.41) is 0. The molecule has 0 aliphatic rings. The number of nitrogens with zero attached hydrogens (tertiary/aromatic N) is 2. The molecule has 0 unspecified atom stereocenters. The van der Waals surface area contributed by atoms with Crippen LogP contribution in [-0.4, -0.2) is 23.8 Å². The molecule has 0 fully saturated rings. The Bertz CT molecular complexity index is 955. The van der Waals surface area contributed by atoms with Gasteiger partial charge < -0.3 is 14.0 Å². The molecule has 0 saturated carbocycles. The van der Waals surface area contributed by atoms with Gasteiger partial charge in [0, 0.05) is 24.6 Å². The number of halogens is 1. The van der Waals surface area contributed by atoms with Crippen molar-refractivity contribution < 1.29 is 49.4 Å². The number of hydrogen-bond donors (Lipinski definition) is 0. The van der Waals surface area contributed by atoms with Crippen LogP contribution in [0.4, 0.5) is 0 Å². The maximum Gasteiger partial charge on any atom is 2.00 e. The molecule has 1 aromatic heterocycles. The first-order valence-corrected chi connectivity index (χ1v) is 10.7. The minimum Gasteiger partial charge on any atom is -0.497 e. The molecular formula is C24H27BrN2O2Th. The number of methoxy groups -OCH3 is 2. The summed E-state index contributed by atoms with van der Waals surface area (Å²) in [4.78, 5) is 4.96. The van der Waals surface area contributed by atoms with Gasteiger partial charge in [-0.25, -0.2) is 0 Å². The molecule has 0 aliphatic heterocycles. The van der Waals surface area contributed by atoms with E-state index in [1.54, 1.807) is 14.2 Å². The number of ether oxygens (including phenoxy) is 2. The van der Waals surface area contributed by atoms with Crippen LogP contribution in [0.1, 0.15) is 43.8 Å². The average Bonchev–Trinajstić information content (AvgIpc) is 3.10. The number of imidazole rings is 1. The molecule has 2 aromatic carbocycles. The van der Waals surface area contributed by atoms with Gasteiger partial charge in [-0.05, 0) is 29.9 Å². The second kappa shape index (κ2) is 12.1. The molecule has 0 N–H and O–H groups in total. The average molecular weight is 687 g/mol. The molecule has 0 amide bonds. The van der Waals surface area contributed by atoms with Crippen molar-refractivity contribution in [2.45, 2.75) is 39.7 Å². The van der Waals surface area contributed by atoms with Crippen molar-refractivity contribution in [3.63, 3.8) is 0 Å². The van der Waals surface area contributed by atoms with Crippen molar-refractivity contribution in [3.8, 4) is 22.8 Å². The molecule has 0 bridgehead atoms. The predicted octanol–water partition coefficient (Wildman–Crippen LogP) is 6.09. The fourth-order valence-corrected chi connectivity index (χ4v) is 3.65. The summed E-state index contributed by atoms with van der Waals surface area (Å²) >= 11 is 3.51. The first kappa shape index (κ1) is 25.2. The maximum absolute atomic E-state index is 5.64. The number of aryl methyl sites for hydroxylation is 1. The topological polar surface area (TPSA) is 36.3 Å². The summed E-state index contributed by atoms with van der Waals surface area (Å²) in [6.45, 7) is 4.91. The van der Waals surface area contributed by atoms with E-state index in [0.29, 0.717) is 6.54 Å². The summed E-state index contributed by atoms with van der Waals surface area (Å²) in [5.74, 6) is 2.68. The van der Waals surface area contributed by atoms with Crippen molar-refractivity contribution in [3.05, 3.63) is 70.4 Å². The van der Waals surface area contributed by atoms with Crippen molar-refractivity contribution in [1.82, 2.24) is 9.55 Å². The van der Waals surface area contributed by atoms with Crippen molar-refractivity contribution in [2.24, 2.45) is 0 Å². The standard InChI is InChI=1S/C24H27BrN2O2.Th/c1-5-7-8-23-26-21(6-2)24(17-9-12-19(25)13-10-17)27(23)16-18-11-14-20(28-3)15-22(18)29-4;/h6,9,11-15H,5,7-8,16H2,1-4H3;/q-2;+2. The second-order valence-electron chi connectivity index (χ2n) is 6.84. The number of hydrogen-bond acceptors (Lipinski definition) is 3. The van der Waals surface area contributed by atoms with Crippen LogP contribution < -0.4 is 9.47 Å². The molecule has 3 aromatic rings. The Hall–Kier alpha value is -1.08. The van der Waals surface area contributed by atoms with Crippen LogP contribution in [0.2, 0.25) is 0 Å². The SMILES string of the molecule is C[CH-]c1nc(CCCC)n(Cc2ccc(OC)cc2OC)c1-c1[c-]cc(Br)cc1.[Th+2]. The van der Waals surface area contributed by atoms with Gasteiger partial charge >= 0.3 is 39.9 Å². The Morgan fingerprint density at radius 3 is 2.57 bits per heavy atom. The summed E-state index contributed by atoms with van der Waals surface area (Å²) in [6, 6.07) is 15.4. The van der Waals surface area contributed by atoms with Gasteiger partial charge in [0.15, 0.2) is 0 Å². The Labute approximate surface area is 220 Å². The largest absolute Gasteiger partial charge is 2.00 e. The summed E-state index contributed by atoms with van der Waals surface area (Å²) in [7, 11) is 3.36. The van der Waals surface area contributed by atoms with Crippen molar-refractivity contribution in [2.75, 3.05) is 14.2 Å². The van der Waals surface area contributed by atoms with Crippen LogP contribution in [0.15, 0.2) is 40.9 Å². The molecule has 0 atom stereocenters. The molecule has 156 valence electrons. The minimum absolute atomic E-state index is 0. The van der Waals surface area contributed by atoms with E-state index in [4.69, 9.17) is 14.5 Å². The quantitative estimate of drug-likeness (QED) is 0.256. The summed E-state index contributed by atoms with van der Waals surface area (Å²) in [5.41, 5.74) is 4.19. The third-order valence-corrected chi connectivity index (χ3v) is 5.45. The molecule has 0 aliphatic carbocycles. The van der Waals surface area contributed by atoms with Crippen LogP contribution in [-0.2, 0) is 13.0 Å². The van der Waals surface area contributed by atoms with Gasteiger partial charge in [0.1, 0.15) is 11.5 Å². The zero-order chi connectivity index (χ0) is 20.8. The maximum atomic E-state index is 5.64. The van der Waals surface area contributed by atoms with Crippen LogP contribution >= 0.6 is 15.9 Å². The fraction of sp³-hybridized carbons (Fsp3) is 0.333. The first-order valence-electron chi connectivity index (χ1n) is 9.88. The Balaban J connectivity index is 0.00000320. The third kappa shape index (κ3) is 5.79. The zero-order valence-corrected chi connectivity index (χ0v) is 23.7. The van der Waals surface area contributed by atoms with Crippen LogP contribution in [0.5, 0.6) is 11.5 Å². The van der Waals surface area contributed by atoms with E-state index in [2.05, 4.69) is 52.0 Å². The van der Waals surface area contributed by atoms with Crippen LogP contribution in [0.25, 0.3) is 11.3 Å². The predicted molar refractivity (Wildman–Crippen MR) is 121 cm³/mol. The Kier molecular flexibility index (Phi) is 10.1. The van der Waals surface area contributed by atoms with Gasteiger partial charge in [-0.15, -0.1) is 52.7 Å².